The first kappa shape index (κ1) is 17.1. The van der Waals surface area contributed by atoms with Crippen LogP contribution >= 0.6 is 0 Å². The van der Waals surface area contributed by atoms with Gasteiger partial charge >= 0.3 is 0 Å². The van der Waals surface area contributed by atoms with E-state index in [2.05, 4.69) is 15.5 Å². The van der Waals surface area contributed by atoms with Crippen molar-refractivity contribution in [2.75, 3.05) is 20.3 Å². The van der Waals surface area contributed by atoms with Crippen LogP contribution in [0.4, 0.5) is 0 Å². The summed E-state index contributed by atoms with van der Waals surface area (Å²) in [6.07, 6.45) is 5.70. The molecule has 23 heavy (non-hydrogen) atoms. The average Bonchev–Trinajstić information content (AvgIpc) is 3.05. The fourth-order valence-corrected chi connectivity index (χ4v) is 2.34. The summed E-state index contributed by atoms with van der Waals surface area (Å²) in [7, 11) is 1.66. The van der Waals surface area contributed by atoms with Crippen LogP contribution < -0.4 is 5.32 Å². The first-order valence-electron chi connectivity index (χ1n) is 8.01. The molecule has 1 aromatic carbocycles. The van der Waals surface area contributed by atoms with Crippen LogP contribution in [0.1, 0.15) is 31.5 Å². The lowest BCUT2D eigenvalue weighted by molar-refractivity contribution is -0.121. The van der Waals surface area contributed by atoms with Crippen molar-refractivity contribution in [1.82, 2.24) is 20.1 Å². The van der Waals surface area contributed by atoms with Gasteiger partial charge in [-0.05, 0) is 31.4 Å². The summed E-state index contributed by atoms with van der Waals surface area (Å²) in [6.45, 7) is 1.35. The second kappa shape index (κ2) is 9.74. The molecule has 2 aromatic rings. The van der Waals surface area contributed by atoms with Crippen molar-refractivity contribution in [3.8, 4) is 5.69 Å². The van der Waals surface area contributed by atoms with E-state index in [-0.39, 0.29) is 5.91 Å². The SMILES string of the molecule is COCCCNC(=O)CCCCc1nncn1-c1ccccc1. The standard InChI is InChI=1S/C17H24N4O2/c1-23-13-7-12-18-17(22)11-6-5-10-16-20-19-14-21(16)15-8-3-2-4-9-15/h2-4,8-9,14H,5-7,10-13H2,1H3,(H,18,22). The lowest BCUT2D eigenvalue weighted by Gasteiger charge is -2.07. The van der Waals surface area contributed by atoms with Gasteiger partial charge in [0.15, 0.2) is 0 Å². The van der Waals surface area contributed by atoms with E-state index < -0.39 is 0 Å². The summed E-state index contributed by atoms with van der Waals surface area (Å²) in [5.74, 6) is 1.03. The second-order valence-corrected chi connectivity index (χ2v) is 5.36. The molecular weight excluding hydrogens is 292 g/mol. The van der Waals surface area contributed by atoms with E-state index in [0.29, 0.717) is 19.6 Å². The molecule has 0 saturated heterocycles. The van der Waals surface area contributed by atoms with Gasteiger partial charge in [-0.25, -0.2) is 0 Å². The molecule has 0 aliphatic heterocycles. The van der Waals surface area contributed by atoms with E-state index in [9.17, 15) is 4.79 Å². The fourth-order valence-electron chi connectivity index (χ4n) is 2.34. The van der Waals surface area contributed by atoms with Crippen molar-refractivity contribution in [2.24, 2.45) is 0 Å². The largest absolute Gasteiger partial charge is 0.385 e. The monoisotopic (exact) mass is 316 g/mol. The molecule has 0 spiro atoms. The van der Waals surface area contributed by atoms with Gasteiger partial charge < -0.3 is 10.1 Å². The first-order chi connectivity index (χ1) is 11.3. The molecular formula is C17H24N4O2. The third kappa shape index (κ3) is 5.83. The Morgan fingerprint density at radius 2 is 2.04 bits per heavy atom. The van der Waals surface area contributed by atoms with Gasteiger partial charge in [0.05, 0.1) is 0 Å². The van der Waals surface area contributed by atoms with Crippen molar-refractivity contribution in [1.29, 1.82) is 0 Å². The van der Waals surface area contributed by atoms with Gasteiger partial charge in [0.1, 0.15) is 12.2 Å². The molecule has 2 rings (SSSR count). The minimum atomic E-state index is 0.102. The number of carbonyl (C=O) groups is 1. The van der Waals surface area contributed by atoms with Crippen molar-refractivity contribution in [3.05, 3.63) is 42.5 Å². The zero-order chi connectivity index (χ0) is 16.3. The maximum Gasteiger partial charge on any atom is 0.219 e. The van der Waals surface area contributed by atoms with Crippen LogP contribution in [0.5, 0.6) is 0 Å². The Hall–Kier alpha value is -2.21. The van der Waals surface area contributed by atoms with Crippen LogP contribution in [0, 0.1) is 0 Å². The van der Waals surface area contributed by atoms with E-state index in [1.807, 2.05) is 34.9 Å². The van der Waals surface area contributed by atoms with Crippen LogP contribution in [-0.2, 0) is 16.0 Å². The van der Waals surface area contributed by atoms with Gasteiger partial charge in [0.25, 0.3) is 0 Å². The lowest BCUT2D eigenvalue weighted by atomic mass is 10.1. The molecule has 0 fully saturated rings. The second-order valence-electron chi connectivity index (χ2n) is 5.36. The number of hydrogen-bond donors (Lipinski definition) is 1. The highest BCUT2D eigenvalue weighted by Gasteiger charge is 2.07. The number of unbranched alkanes of at least 4 members (excludes halogenated alkanes) is 1. The van der Waals surface area contributed by atoms with Crippen LogP contribution in [0.15, 0.2) is 36.7 Å². The highest BCUT2D eigenvalue weighted by molar-refractivity contribution is 5.75. The Balaban J connectivity index is 1.69. The number of ether oxygens (including phenoxy) is 1. The van der Waals surface area contributed by atoms with Gasteiger partial charge in [-0.1, -0.05) is 18.2 Å². The zero-order valence-electron chi connectivity index (χ0n) is 13.6. The Morgan fingerprint density at radius 3 is 2.83 bits per heavy atom. The van der Waals surface area contributed by atoms with Crippen LogP contribution in [0.2, 0.25) is 0 Å². The number of aromatic nitrogens is 3. The van der Waals surface area contributed by atoms with Crippen molar-refractivity contribution >= 4 is 5.91 Å². The summed E-state index contributed by atoms with van der Waals surface area (Å²) in [5, 5.41) is 11.1. The van der Waals surface area contributed by atoms with E-state index in [1.54, 1.807) is 13.4 Å². The number of aryl methyl sites for hydroxylation is 1. The van der Waals surface area contributed by atoms with E-state index in [1.165, 1.54) is 0 Å². The number of hydrogen-bond acceptors (Lipinski definition) is 4. The van der Waals surface area contributed by atoms with Crippen molar-refractivity contribution < 1.29 is 9.53 Å². The minimum Gasteiger partial charge on any atom is -0.385 e. The number of nitrogens with one attached hydrogen (secondary N) is 1. The van der Waals surface area contributed by atoms with Gasteiger partial charge in [-0.2, -0.15) is 0 Å². The lowest BCUT2D eigenvalue weighted by Crippen LogP contribution is -2.24. The van der Waals surface area contributed by atoms with Crippen molar-refractivity contribution in [3.63, 3.8) is 0 Å². The normalized spacial score (nSPS) is 10.7. The van der Waals surface area contributed by atoms with Crippen LogP contribution in [0.25, 0.3) is 5.69 Å². The topological polar surface area (TPSA) is 69.0 Å². The highest BCUT2D eigenvalue weighted by atomic mass is 16.5. The molecule has 6 heteroatoms. The summed E-state index contributed by atoms with van der Waals surface area (Å²) >= 11 is 0. The summed E-state index contributed by atoms with van der Waals surface area (Å²) in [6, 6.07) is 10.0. The van der Waals surface area contributed by atoms with Crippen LogP contribution in [-0.4, -0.2) is 40.9 Å². The Labute approximate surface area is 136 Å². The van der Waals surface area contributed by atoms with E-state index in [0.717, 1.165) is 37.2 Å². The van der Waals surface area contributed by atoms with Gasteiger partial charge in [-0.3, -0.25) is 9.36 Å². The Bertz CT molecular complexity index is 583. The molecule has 1 N–H and O–H groups in total. The molecule has 1 amide bonds. The fraction of sp³-hybridized carbons (Fsp3) is 0.471. The van der Waals surface area contributed by atoms with Crippen molar-refractivity contribution in [2.45, 2.75) is 32.1 Å². The predicted molar refractivity (Wildman–Crippen MR) is 88.4 cm³/mol. The summed E-state index contributed by atoms with van der Waals surface area (Å²) in [5.41, 5.74) is 1.06. The van der Waals surface area contributed by atoms with E-state index >= 15 is 0 Å². The van der Waals surface area contributed by atoms with Gasteiger partial charge in [0, 0.05) is 38.8 Å². The van der Waals surface area contributed by atoms with Crippen LogP contribution in [0.3, 0.4) is 0 Å². The molecule has 0 bridgehead atoms. The molecule has 1 heterocycles. The summed E-state index contributed by atoms with van der Waals surface area (Å²) in [4.78, 5) is 11.7. The van der Waals surface area contributed by atoms with Gasteiger partial charge in [0.2, 0.25) is 5.91 Å². The number of rotatable bonds is 10. The number of carbonyl (C=O) groups excluding carboxylic acids is 1. The van der Waals surface area contributed by atoms with E-state index in [4.69, 9.17) is 4.74 Å². The molecule has 0 radical (unpaired) electrons. The first-order valence-corrected chi connectivity index (χ1v) is 8.01. The Kier molecular flexibility index (Phi) is 7.26. The minimum absolute atomic E-state index is 0.102. The maximum atomic E-state index is 11.7. The Morgan fingerprint density at radius 1 is 1.22 bits per heavy atom. The molecule has 124 valence electrons. The maximum absolute atomic E-state index is 11.7. The molecule has 0 aliphatic carbocycles. The quantitative estimate of drug-likeness (QED) is 0.682. The number of methoxy groups -OCH3 is 1. The number of para-hydroxylation sites is 1. The molecule has 0 saturated carbocycles. The molecule has 0 aliphatic rings. The number of benzene rings is 1. The smallest absolute Gasteiger partial charge is 0.219 e. The highest BCUT2D eigenvalue weighted by Crippen LogP contribution is 2.11. The average molecular weight is 316 g/mol. The molecule has 6 nitrogen and oxygen atoms in total. The third-order valence-electron chi connectivity index (χ3n) is 3.55. The summed E-state index contributed by atoms with van der Waals surface area (Å²) < 4.78 is 6.94. The zero-order valence-corrected chi connectivity index (χ0v) is 13.6. The third-order valence-corrected chi connectivity index (χ3v) is 3.55. The molecule has 0 atom stereocenters. The molecule has 0 unspecified atom stereocenters. The van der Waals surface area contributed by atoms with Gasteiger partial charge in [-0.15, -0.1) is 10.2 Å². The predicted octanol–water partition coefficient (Wildman–Crippen LogP) is 2.13. The number of nitrogens with zero attached hydrogens (tertiary/aromatic N) is 3. The molecule has 1 aromatic heterocycles. The number of amides is 1.